The highest BCUT2D eigenvalue weighted by Gasteiger charge is 2.27. The SMILES string of the molecule is CC(C)(C)OC(=O)N1CCCN(c2ccc(NC3CCC(=O)NC3=O)cc2)CC1. The average molecular weight is 402 g/mol. The number of hydrogen-bond acceptors (Lipinski definition) is 6. The first-order valence-corrected chi connectivity index (χ1v) is 10.1. The van der Waals surface area contributed by atoms with Gasteiger partial charge >= 0.3 is 6.09 Å². The molecule has 1 aromatic rings. The van der Waals surface area contributed by atoms with E-state index in [0.717, 1.165) is 30.9 Å². The third-order valence-electron chi connectivity index (χ3n) is 4.96. The Morgan fingerprint density at radius 1 is 1.10 bits per heavy atom. The molecular weight excluding hydrogens is 372 g/mol. The first-order valence-electron chi connectivity index (χ1n) is 10.1. The number of piperidine rings is 1. The number of carbonyl (C=O) groups is 3. The Balaban J connectivity index is 1.55. The van der Waals surface area contributed by atoms with Gasteiger partial charge in [-0.05, 0) is 57.9 Å². The van der Waals surface area contributed by atoms with Crippen molar-refractivity contribution >= 4 is 29.3 Å². The van der Waals surface area contributed by atoms with E-state index in [0.29, 0.717) is 25.9 Å². The summed E-state index contributed by atoms with van der Waals surface area (Å²) in [5, 5.41) is 5.54. The van der Waals surface area contributed by atoms with Gasteiger partial charge in [0.2, 0.25) is 11.8 Å². The molecule has 0 radical (unpaired) electrons. The zero-order valence-corrected chi connectivity index (χ0v) is 17.4. The summed E-state index contributed by atoms with van der Waals surface area (Å²) in [4.78, 5) is 39.5. The molecule has 0 aliphatic carbocycles. The maximum atomic E-state index is 12.3. The number of nitrogens with one attached hydrogen (secondary N) is 2. The standard InChI is InChI=1S/C21H30N4O4/c1-21(2,3)29-20(28)25-12-4-11-24(13-14-25)16-7-5-15(6-8-16)22-17-9-10-18(26)23-19(17)27/h5-8,17,22H,4,9-14H2,1-3H3,(H,23,26,27). The van der Waals surface area contributed by atoms with Gasteiger partial charge in [0.25, 0.3) is 0 Å². The van der Waals surface area contributed by atoms with Crippen molar-refractivity contribution in [1.29, 1.82) is 0 Å². The van der Waals surface area contributed by atoms with Gasteiger partial charge in [0.15, 0.2) is 0 Å². The van der Waals surface area contributed by atoms with Crippen LogP contribution in [0.3, 0.4) is 0 Å². The summed E-state index contributed by atoms with van der Waals surface area (Å²) in [5.41, 5.74) is 1.42. The van der Waals surface area contributed by atoms with E-state index in [9.17, 15) is 14.4 Å². The number of amides is 3. The second-order valence-corrected chi connectivity index (χ2v) is 8.50. The van der Waals surface area contributed by atoms with Crippen LogP contribution in [-0.2, 0) is 14.3 Å². The molecule has 0 aromatic heterocycles. The first kappa shape index (κ1) is 21.0. The van der Waals surface area contributed by atoms with E-state index in [2.05, 4.69) is 15.5 Å². The largest absolute Gasteiger partial charge is 0.444 e. The van der Waals surface area contributed by atoms with Crippen molar-refractivity contribution in [1.82, 2.24) is 10.2 Å². The fourth-order valence-corrected chi connectivity index (χ4v) is 3.49. The Morgan fingerprint density at radius 2 is 1.83 bits per heavy atom. The molecule has 2 saturated heterocycles. The van der Waals surface area contributed by atoms with Gasteiger partial charge in [0.1, 0.15) is 11.6 Å². The van der Waals surface area contributed by atoms with Crippen molar-refractivity contribution in [3.05, 3.63) is 24.3 Å². The molecule has 2 fully saturated rings. The minimum absolute atomic E-state index is 0.218. The molecule has 2 aliphatic heterocycles. The maximum absolute atomic E-state index is 12.3. The van der Waals surface area contributed by atoms with Crippen LogP contribution < -0.4 is 15.5 Å². The molecule has 3 rings (SSSR count). The van der Waals surface area contributed by atoms with E-state index < -0.39 is 5.60 Å². The molecule has 0 spiro atoms. The molecule has 158 valence electrons. The van der Waals surface area contributed by atoms with Crippen LogP contribution in [0, 0.1) is 0 Å². The van der Waals surface area contributed by atoms with Gasteiger partial charge in [-0.25, -0.2) is 4.79 Å². The number of rotatable bonds is 3. The number of hydrogen-bond donors (Lipinski definition) is 2. The van der Waals surface area contributed by atoms with Crippen LogP contribution in [0.1, 0.15) is 40.0 Å². The summed E-state index contributed by atoms with van der Waals surface area (Å²) >= 11 is 0. The average Bonchev–Trinajstić information content (AvgIpc) is 2.90. The summed E-state index contributed by atoms with van der Waals surface area (Å²) in [7, 11) is 0. The number of ether oxygens (including phenoxy) is 1. The molecule has 2 N–H and O–H groups in total. The molecule has 3 amide bonds. The van der Waals surface area contributed by atoms with Crippen LogP contribution in [0.25, 0.3) is 0 Å². The topological polar surface area (TPSA) is 91.0 Å². The summed E-state index contributed by atoms with van der Waals surface area (Å²) < 4.78 is 5.48. The third kappa shape index (κ3) is 5.85. The van der Waals surface area contributed by atoms with Crippen molar-refractivity contribution < 1.29 is 19.1 Å². The molecule has 2 heterocycles. The smallest absolute Gasteiger partial charge is 0.410 e. The monoisotopic (exact) mass is 402 g/mol. The van der Waals surface area contributed by atoms with Gasteiger partial charge < -0.3 is 19.9 Å². The van der Waals surface area contributed by atoms with E-state index >= 15 is 0 Å². The highest BCUT2D eigenvalue weighted by molar-refractivity contribution is 6.01. The van der Waals surface area contributed by atoms with Crippen LogP contribution in [-0.4, -0.2) is 60.6 Å². The maximum Gasteiger partial charge on any atom is 0.410 e. The summed E-state index contributed by atoms with van der Waals surface area (Å²) in [6.45, 7) is 8.52. The predicted molar refractivity (Wildman–Crippen MR) is 111 cm³/mol. The van der Waals surface area contributed by atoms with Crippen molar-refractivity contribution in [2.24, 2.45) is 0 Å². The van der Waals surface area contributed by atoms with Gasteiger partial charge in [-0.15, -0.1) is 0 Å². The summed E-state index contributed by atoms with van der Waals surface area (Å²) in [6, 6.07) is 7.51. The van der Waals surface area contributed by atoms with Crippen molar-refractivity contribution in [2.75, 3.05) is 36.4 Å². The summed E-state index contributed by atoms with van der Waals surface area (Å²) in [5.74, 6) is -0.495. The van der Waals surface area contributed by atoms with Gasteiger partial charge in [-0.2, -0.15) is 0 Å². The fourth-order valence-electron chi connectivity index (χ4n) is 3.49. The van der Waals surface area contributed by atoms with Crippen molar-refractivity contribution in [3.8, 4) is 0 Å². The predicted octanol–water partition coefficient (Wildman–Crippen LogP) is 2.35. The highest BCUT2D eigenvalue weighted by Crippen LogP contribution is 2.22. The lowest BCUT2D eigenvalue weighted by molar-refractivity contribution is -0.133. The molecule has 1 unspecified atom stereocenters. The van der Waals surface area contributed by atoms with Gasteiger partial charge in [-0.1, -0.05) is 0 Å². The van der Waals surface area contributed by atoms with Crippen LogP contribution in [0.15, 0.2) is 24.3 Å². The Kier molecular flexibility index (Phi) is 6.30. The molecule has 8 heteroatoms. The van der Waals surface area contributed by atoms with Crippen molar-refractivity contribution in [3.63, 3.8) is 0 Å². The molecular formula is C21H30N4O4. The number of benzene rings is 1. The van der Waals surface area contributed by atoms with Crippen molar-refractivity contribution in [2.45, 2.75) is 51.7 Å². The lowest BCUT2D eigenvalue weighted by Gasteiger charge is -2.27. The fraction of sp³-hybridized carbons (Fsp3) is 0.571. The third-order valence-corrected chi connectivity index (χ3v) is 4.96. The van der Waals surface area contributed by atoms with Crippen LogP contribution >= 0.6 is 0 Å². The highest BCUT2D eigenvalue weighted by atomic mass is 16.6. The second kappa shape index (κ2) is 8.71. The van der Waals surface area contributed by atoms with E-state index in [1.807, 2.05) is 45.0 Å². The van der Waals surface area contributed by atoms with Gasteiger partial charge in [0.05, 0.1) is 0 Å². The molecule has 0 bridgehead atoms. The molecule has 8 nitrogen and oxygen atoms in total. The Hall–Kier alpha value is -2.77. The van der Waals surface area contributed by atoms with Crippen LogP contribution in [0.2, 0.25) is 0 Å². The Bertz CT molecular complexity index is 757. The zero-order valence-electron chi connectivity index (χ0n) is 17.4. The summed E-state index contributed by atoms with van der Waals surface area (Å²) in [6.07, 6.45) is 1.46. The van der Waals surface area contributed by atoms with Gasteiger partial charge in [0, 0.05) is 44.0 Å². The molecule has 2 aliphatic rings. The second-order valence-electron chi connectivity index (χ2n) is 8.50. The Morgan fingerprint density at radius 3 is 2.48 bits per heavy atom. The number of anilines is 2. The minimum Gasteiger partial charge on any atom is -0.444 e. The lowest BCUT2D eigenvalue weighted by atomic mass is 10.1. The molecule has 1 atom stereocenters. The van der Waals surface area contributed by atoms with Crippen LogP contribution in [0.5, 0.6) is 0 Å². The minimum atomic E-state index is -0.492. The first-order chi connectivity index (χ1) is 13.7. The zero-order chi connectivity index (χ0) is 21.0. The van der Waals surface area contributed by atoms with E-state index in [1.165, 1.54) is 0 Å². The number of nitrogens with zero attached hydrogens (tertiary/aromatic N) is 2. The quantitative estimate of drug-likeness (QED) is 0.755. The Labute approximate surface area is 171 Å². The number of carbonyl (C=O) groups excluding carboxylic acids is 3. The molecule has 1 aromatic carbocycles. The van der Waals surface area contributed by atoms with E-state index in [4.69, 9.17) is 4.74 Å². The van der Waals surface area contributed by atoms with Crippen LogP contribution in [0.4, 0.5) is 16.2 Å². The van der Waals surface area contributed by atoms with E-state index in [-0.39, 0.29) is 23.9 Å². The molecule has 29 heavy (non-hydrogen) atoms. The normalized spacial score (nSPS) is 20.7. The number of imide groups is 1. The molecule has 0 saturated carbocycles. The van der Waals surface area contributed by atoms with E-state index in [1.54, 1.807) is 4.90 Å². The van der Waals surface area contributed by atoms with Gasteiger partial charge in [-0.3, -0.25) is 14.9 Å². The lowest BCUT2D eigenvalue weighted by Crippen LogP contribution is -2.47.